The third-order valence-electron chi connectivity index (χ3n) is 5.48. The zero-order valence-electron chi connectivity index (χ0n) is 16.5. The molecule has 0 bridgehead atoms. The van der Waals surface area contributed by atoms with Crippen LogP contribution in [0.2, 0.25) is 5.02 Å². The van der Waals surface area contributed by atoms with Gasteiger partial charge in [-0.15, -0.1) is 0 Å². The smallest absolute Gasteiger partial charge is 0.167 e. The summed E-state index contributed by atoms with van der Waals surface area (Å²) in [6.45, 7) is 1.34. The Hall–Kier alpha value is -2.50. The second kappa shape index (κ2) is 8.56. The molecule has 5 rings (SSSR count). The van der Waals surface area contributed by atoms with E-state index in [4.69, 9.17) is 25.8 Å². The van der Waals surface area contributed by atoms with Crippen molar-refractivity contribution in [1.29, 1.82) is 0 Å². The highest BCUT2D eigenvalue weighted by Crippen LogP contribution is 2.33. The van der Waals surface area contributed by atoms with Crippen molar-refractivity contribution in [3.8, 4) is 5.75 Å². The fourth-order valence-electron chi connectivity index (χ4n) is 3.82. The average Bonchev–Trinajstić information content (AvgIpc) is 3.50. The summed E-state index contributed by atoms with van der Waals surface area (Å²) in [6.07, 6.45) is -0.147. The van der Waals surface area contributed by atoms with Crippen molar-refractivity contribution < 1.29 is 24.4 Å². The molecule has 31 heavy (non-hydrogen) atoms. The molecule has 164 valence electrons. The lowest BCUT2D eigenvalue weighted by Gasteiger charge is -2.17. The number of aliphatic hydroxyl groups excluding tert-OH is 2. The number of nitrogens with zero attached hydrogens (tertiary/aromatic N) is 4. The Morgan fingerprint density at radius 3 is 2.87 bits per heavy atom. The van der Waals surface area contributed by atoms with Crippen molar-refractivity contribution >= 4 is 28.6 Å². The van der Waals surface area contributed by atoms with Gasteiger partial charge < -0.3 is 29.7 Å². The highest BCUT2D eigenvalue weighted by molar-refractivity contribution is 6.32. The summed E-state index contributed by atoms with van der Waals surface area (Å²) >= 11 is 6.11. The molecule has 0 radical (unpaired) electrons. The molecule has 2 aromatic heterocycles. The van der Waals surface area contributed by atoms with Gasteiger partial charge in [-0.1, -0.05) is 23.7 Å². The number of halogens is 1. The molecule has 0 saturated carbocycles. The number of benzene rings is 1. The Bertz CT molecular complexity index is 1060. The summed E-state index contributed by atoms with van der Waals surface area (Å²) < 4.78 is 18.6. The normalized spacial score (nSPS) is 28.3. The first-order chi connectivity index (χ1) is 15.1. The van der Waals surface area contributed by atoms with Gasteiger partial charge in [0.1, 0.15) is 37.0 Å². The second-order valence-corrected chi connectivity index (χ2v) is 7.95. The number of hydrogen-bond donors (Lipinski definition) is 3. The van der Waals surface area contributed by atoms with Crippen LogP contribution in [0.4, 0.5) is 5.82 Å². The van der Waals surface area contributed by atoms with Crippen LogP contribution in [0.15, 0.2) is 36.9 Å². The molecule has 4 heterocycles. The first-order valence-electron chi connectivity index (χ1n) is 10.0. The topological polar surface area (TPSA) is 124 Å². The number of hydrogen-bond acceptors (Lipinski definition) is 9. The van der Waals surface area contributed by atoms with E-state index in [9.17, 15) is 10.2 Å². The van der Waals surface area contributed by atoms with E-state index in [1.807, 2.05) is 0 Å². The predicted molar refractivity (Wildman–Crippen MR) is 111 cm³/mol. The van der Waals surface area contributed by atoms with Gasteiger partial charge in [-0.2, -0.15) is 0 Å². The highest BCUT2D eigenvalue weighted by atomic mass is 35.5. The van der Waals surface area contributed by atoms with Crippen LogP contribution >= 0.6 is 11.6 Å². The monoisotopic (exact) mass is 447 g/mol. The van der Waals surface area contributed by atoms with Gasteiger partial charge in [0, 0.05) is 6.61 Å². The fourth-order valence-corrected chi connectivity index (χ4v) is 4.01. The number of nitrogens with one attached hydrogen (secondary N) is 1. The van der Waals surface area contributed by atoms with E-state index in [-0.39, 0.29) is 12.6 Å². The number of rotatable bonds is 6. The summed E-state index contributed by atoms with van der Waals surface area (Å²) in [7, 11) is 0. The van der Waals surface area contributed by atoms with Crippen molar-refractivity contribution in [3.63, 3.8) is 0 Å². The third kappa shape index (κ3) is 3.92. The largest absolute Gasteiger partial charge is 0.489 e. The molecule has 2 fully saturated rings. The highest BCUT2D eigenvalue weighted by Gasteiger charge is 2.44. The Kier molecular flexibility index (Phi) is 5.63. The van der Waals surface area contributed by atoms with Crippen LogP contribution in [0, 0.1) is 0 Å². The summed E-state index contributed by atoms with van der Waals surface area (Å²) in [5.41, 5.74) is 1.04. The van der Waals surface area contributed by atoms with Gasteiger partial charge in [-0.25, -0.2) is 15.0 Å². The Labute approximate surface area is 182 Å². The van der Waals surface area contributed by atoms with Gasteiger partial charge >= 0.3 is 0 Å². The third-order valence-corrected chi connectivity index (χ3v) is 5.79. The van der Waals surface area contributed by atoms with Crippen molar-refractivity contribution in [2.75, 3.05) is 25.1 Å². The number of anilines is 1. The molecule has 3 N–H and O–H groups in total. The van der Waals surface area contributed by atoms with E-state index in [0.29, 0.717) is 41.0 Å². The van der Waals surface area contributed by atoms with Gasteiger partial charge in [-0.05, 0) is 18.6 Å². The summed E-state index contributed by atoms with van der Waals surface area (Å²) in [5.74, 6) is 1.07. The molecule has 0 aliphatic carbocycles. The Balaban J connectivity index is 1.34. The zero-order valence-corrected chi connectivity index (χ0v) is 17.2. The molecule has 10 nitrogen and oxygen atoms in total. The molecule has 2 aliphatic heterocycles. The molecule has 0 spiro atoms. The van der Waals surface area contributed by atoms with Gasteiger partial charge in [0.2, 0.25) is 0 Å². The van der Waals surface area contributed by atoms with Crippen molar-refractivity contribution in [3.05, 3.63) is 41.9 Å². The van der Waals surface area contributed by atoms with Crippen LogP contribution in [-0.2, 0) is 9.47 Å². The van der Waals surface area contributed by atoms with E-state index in [1.54, 1.807) is 28.8 Å². The van der Waals surface area contributed by atoms with Gasteiger partial charge in [0.25, 0.3) is 0 Å². The quantitative estimate of drug-likeness (QED) is 0.514. The number of para-hydroxylation sites is 1. The lowest BCUT2D eigenvalue weighted by molar-refractivity contribution is -0.0474. The molecular formula is C20H22ClN5O5. The average molecular weight is 448 g/mol. The number of imidazole rings is 1. The van der Waals surface area contributed by atoms with Crippen molar-refractivity contribution in [1.82, 2.24) is 19.5 Å². The van der Waals surface area contributed by atoms with Crippen LogP contribution < -0.4 is 10.1 Å². The zero-order chi connectivity index (χ0) is 21.4. The summed E-state index contributed by atoms with van der Waals surface area (Å²) in [4.78, 5) is 13.0. The first kappa shape index (κ1) is 20.4. The van der Waals surface area contributed by atoms with Crippen LogP contribution in [-0.4, -0.2) is 73.9 Å². The number of aromatic nitrogens is 4. The van der Waals surface area contributed by atoms with E-state index in [0.717, 1.165) is 6.42 Å². The summed E-state index contributed by atoms with van der Waals surface area (Å²) in [6, 6.07) is 7.18. The lowest BCUT2D eigenvalue weighted by atomic mass is 10.1. The lowest BCUT2D eigenvalue weighted by Crippen LogP contribution is -2.34. The van der Waals surface area contributed by atoms with Crippen LogP contribution in [0.3, 0.4) is 0 Å². The van der Waals surface area contributed by atoms with Crippen LogP contribution in [0.1, 0.15) is 12.6 Å². The second-order valence-electron chi connectivity index (χ2n) is 7.54. The minimum atomic E-state index is -1.19. The maximum atomic E-state index is 10.6. The first-order valence-corrected chi connectivity index (χ1v) is 10.4. The standard InChI is InChI=1S/C20H22ClN5O5/c21-12-3-1-2-4-13(12)30-8-14-16(27)17(28)20(31-14)26-10-24-15-18(22-9-23-19(15)26)25-11-5-6-29-7-11/h1-4,9-11,14,16-17,20,27-28H,5-8H2,(H,22,23,25)/t11?,14-,16+,17+,20?/m1/s1. The summed E-state index contributed by atoms with van der Waals surface area (Å²) in [5, 5.41) is 24.9. The van der Waals surface area contributed by atoms with E-state index in [1.165, 1.54) is 12.7 Å². The number of fused-ring (bicyclic) bond motifs is 1. The molecular weight excluding hydrogens is 426 g/mol. The van der Waals surface area contributed by atoms with E-state index < -0.39 is 24.5 Å². The maximum Gasteiger partial charge on any atom is 0.167 e. The maximum absolute atomic E-state index is 10.6. The molecule has 11 heteroatoms. The molecule has 5 atom stereocenters. The molecule has 2 aliphatic rings. The van der Waals surface area contributed by atoms with E-state index in [2.05, 4.69) is 20.3 Å². The van der Waals surface area contributed by atoms with Crippen molar-refractivity contribution in [2.24, 2.45) is 0 Å². The molecule has 1 aromatic carbocycles. The SMILES string of the molecule is O[C@@H]1[C@H](O)C(n2cnc3c(NC4CCOC4)ncnc32)O[C@@H]1COc1ccccc1Cl. The van der Waals surface area contributed by atoms with E-state index >= 15 is 0 Å². The Morgan fingerprint density at radius 1 is 1.19 bits per heavy atom. The number of ether oxygens (including phenoxy) is 3. The predicted octanol–water partition coefficient (Wildman–Crippen LogP) is 1.38. The van der Waals surface area contributed by atoms with Gasteiger partial charge in [0.05, 0.1) is 24.0 Å². The number of aliphatic hydroxyl groups is 2. The van der Waals surface area contributed by atoms with Gasteiger partial charge in [-0.3, -0.25) is 4.57 Å². The van der Waals surface area contributed by atoms with Crippen LogP contribution in [0.5, 0.6) is 5.75 Å². The molecule has 3 aromatic rings. The fraction of sp³-hybridized carbons (Fsp3) is 0.450. The molecule has 2 saturated heterocycles. The van der Waals surface area contributed by atoms with Gasteiger partial charge in [0.15, 0.2) is 23.2 Å². The molecule has 2 unspecified atom stereocenters. The van der Waals surface area contributed by atoms with Crippen molar-refractivity contribution in [2.45, 2.75) is 37.0 Å². The molecule has 0 amide bonds. The minimum absolute atomic E-state index is 0.0224. The minimum Gasteiger partial charge on any atom is -0.489 e. The Morgan fingerprint density at radius 2 is 2.06 bits per heavy atom. The van der Waals surface area contributed by atoms with Crippen LogP contribution in [0.25, 0.3) is 11.2 Å².